The number of rotatable bonds is 3. The highest BCUT2D eigenvalue weighted by molar-refractivity contribution is 7.12. The summed E-state index contributed by atoms with van der Waals surface area (Å²) in [4.78, 5) is 14.2. The van der Waals surface area contributed by atoms with Gasteiger partial charge in [-0.1, -0.05) is 31.2 Å². The van der Waals surface area contributed by atoms with E-state index in [-0.39, 0.29) is 5.78 Å². The predicted octanol–water partition coefficient (Wildman–Crippen LogP) is 4.62. The Balaban J connectivity index is 2.35. The molecule has 1 heterocycles. The van der Waals surface area contributed by atoms with Crippen LogP contribution in [0.2, 0.25) is 0 Å². The van der Waals surface area contributed by atoms with Crippen LogP contribution in [-0.2, 0) is 0 Å². The Morgan fingerprint density at radius 3 is 2.29 bits per heavy atom. The largest absolute Gasteiger partial charge is 0.294 e. The van der Waals surface area contributed by atoms with Crippen molar-refractivity contribution in [1.29, 1.82) is 0 Å². The number of aryl methyl sites for hydroxylation is 2. The zero-order valence-electron chi connectivity index (χ0n) is 10.4. The SMILES string of the molecule is CCC(=O)c1ccc(-c2cc(C)sc2C)cc1. The lowest BCUT2D eigenvalue weighted by molar-refractivity contribution is 0.0988. The first kappa shape index (κ1) is 12.1. The molecule has 1 nitrogen and oxygen atoms in total. The molecule has 0 saturated carbocycles. The predicted molar refractivity (Wildman–Crippen MR) is 73.9 cm³/mol. The lowest BCUT2D eigenvalue weighted by atomic mass is 10.0. The Morgan fingerprint density at radius 2 is 1.82 bits per heavy atom. The molecule has 0 aliphatic carbocycles. The first-order chi connectivity index (χ1) is 8.11. The zero-order valence-corrected chi connectivity index (χ0v) is 11.2. The molecule has 0 saturated heterocycles. The van der Waals surface area contributed by atoms with Gasteiger partial charge in [0.25, 0.3) is 0 Å². The van der Waals surface area contributed by atoms with Gasteiger partial charge in [-0.3, -0.25) is 4.79 Å². The molecule has 0 atom stereocenters. The molecule has 0 radical (unpaired) electrons. The number of benzene rings is 1. The molecule has 2 heteroatoms. The molecule has 2 rings (SSSR count). The standard InChI is InChI=1S/C15H16OS/c1-4-15(16)13-7-5-12(6-8-13)14-9-10(2)17-11(14)3/h5-9H,4H2,1-3H3. The van der Waals surface area contributed by atoms with Crippen molar-refractivity contribution in [2.45, 2.75) is 27.2 Å². The van der Waals surface area contributed by atoms with Crippen molar-refractivity contribution in [2.24, 2.45) is 0 Å². The number of carbonyl (C=O) groups is 1. The highest BCUT2D eigenvalue weighted by Crippen LogP contribution is 2.30. The molecule has 0 N–H and O–H groups in total. The van der Waals surface area contributed by atoms with E-state index < -0.39 is 0 Å². The van der Waals surface area contributed by atoms with Gasteiger partial charge in [-0.15, -0.1) is 11.3 Å². The topological polar surface area (TPSA) is 17.1 Å². The molecular weight excluding hydrogens is 228 g/mol. The van der Waals surface area contributed by atoms with E-state index in [1.165, 1.54) is 20.9 Å². The number of thiophene rings is 1. The summed E-state index contributed by atoms with van der Waals surface area (Å²) in [5, 5.41) is 0. The van der Waals surface area contributed by atoms with Crippen LogP contribution in [0.4, 0.5) is 0 Å². The van der Waals surface area contributed by atoms with Crippen LogP contribution in [0.15, 0.2) is 30.3 Å². The van der Waals surface area contributed by atoms with Crippen LogP contribution >= 0.6 is 11.3 Å². The van der Waals surface area contributed by atoms with Crippen LogP contribution in [0, 0.1) is 13.8 Å². The minimum atomic E-state index is 0.203. The fourth-order valence-corrected chi connectivity index (χ4v) is 2.90. The molecule has 88 valence electrons. The van der Waals surface area contributed by atoms with E-state index in [1.807, 2.05) is 42.5 Å². The summed E-state index contributed by atoms with van der Waals surface area (Å²) in [7, 11) is 0. The van der Waals surface area contributed by atoms with Gasteiger partial charge in [-0.2, -0.15) is 0 Å². The minimum Gasteiger partial charge on any atom is -0.294 e. The minimum absolute atomic E-state index is 0.203. The monoisotopic (exact) mass is 244 g/mol. The van der Waals surface area contributed by atoms with Gasteiger partial charge in [0.2, 0.25) is 0 Å². The van der Waals surface area contributed by atoms with Gasteiger partial charge in [0.1, 0.15) is 0 Å². The maximum absolute atomic E-state index is 11.5. The first-order valence-electron chi connectivity index (χ1n) is 5.82. The van der Waals surface area contributed by atoms with Gasteiger partial charge in [0.15, 0.2) is 5.78 Å². The highest BCUT2D eigenvalue weighted by Gasteiger charge is 2.07. The molecule has 0 bridgehead atoms. The molecule has 0 fully saturated rings. The summed E-state index contributed by atoms with van der Waals surface area (Å²) in [6.45, 7) is 6.15. The second-order valence-corrected chi connectivity index (χ2v) is 5.64. The van der Waals surface area contributed by atoms with Gasteiger partial charge in [-0.25, -0.2) is 0 Å². The Labute approximate surface area is 106 Å². The van der Waals surface area contributed by atoms with Gasteiger partial charge in [-0.05, 0) is 31.0 Å². The average molecular weight is 244 g/mol. The summed E-state index contributed by atoms with van der Waals surface area (Å²) >= 11 is 1.81. The van der Waals surface area contributed by atoms with Crippen molar-refractivity contribution in [3.63, 3.8) is 0 Å². The van der Waals surface area contributed by atoms with Crippen LogP contribution in [0.3, 0.4) is 0 Å². The van der Waals surface area contributed by atoms with Crippen molar-refractivity contribution < 1.29 is 4.79 Å². The van der Waals surface area contributed by atoms with E-state index in [2.05, 4.69) is 19.9 Å². The average Bonchev–Trinajstić information content (AvgIpc) is 2.68. The summed E-state index contributed by atoms with van der Waals surface area (Å²) < 4.78 is 0. The van der Waals surface area contributed by atoms with Gasteiger partial charge >= 0.3 is 0 Å². The van der Waals surface area contributed by atoms with Crippen molar-refractivity contribution >= 4 is 17.1 Å². The lowest BCUT2D eigenvalue weighted by Crippen LogP contribution is -1.95. The van der Waals surface area contributed by atoms with Crippen LogP contribution < -0.4 is 0 Å². The van der Waals surface area contributed by atoms with Gasteiger partial charge in [0, 0.05) is 21.7 Å². The third-order valence-corrected chi connectivity index (χ3v) is 3.85. The van der Waals surface area contributed by atoms with Crippen LogP contribution in [0.5, 0.6) is 0 Å². The summed E-state index contributed by atoms with van der Waals surface area (Å²) in [6, 6.07) is 10.1. The molecule has 0 amide bonds. The third kappa shape index (κ3) is 2.47. The number of ketones is 1. The summed E-state index contributed by atoms with van der Waals surface area (Å²) in [6.07, 6.45) is 0.565. The Bertz CT molecular complexity index is 535. The molecule has 0 aliphatic heterocycles. The molecule has 17 heavy (non-hydrogen) atoms. The fraction of sp³-hybridized carbons (Fsp3) is 0.267. The lowest BCUT2D eigenvalue weighted by Gasteiger charge is -2.02. The molecule has 2 aromatic rings. The van der Waals surface area contributed by atoms with E-state index in [0.717, 1.165) is 5.56 Å². The van der Waals surface area contributed by atoms with Crippen LogP contribution in [-0.4, -0.2) is 5.78 Å². The van der Waals surface area contributed by atoms with Crippen LogP contribution in [0.25, 0.3) is 11.1 Å². The Morgan fingerprint density at radius 1 is 1.18 bits per heavy atom. The summed E-state index contributed by atoms with van der Waals surface area (Å²) in [5.41, 5.74) is 3.28. The van der Waals surface area contributed by atoms with Crippen molar-refractivity contribution in [2.75, 3.05) is 0 Å². The molecular formula is C15H16OS. The third-order valence-electron chi connectivity index (χ3n) is 2.88. The zero-order chi connectivity index (χ0) is 12.4. The maximum Gasteiger partial charge on any atom is 0.162 e. The molecule has 1 aromatic carbocycles. The second-order valence-electron chi connectivity index (χ2n) is 4.18. The van der Waals surface area contributed by atoms with E-state index >= 15 is 0 Å². The van der Waals surface area contributed by atoms with Crippen molar-refractivity contribution in [1.82, 2.24) is 0 Å². The molecule has 1 aromatic heterocycles. The molecule has 0 spiro atoms. The van der Waals surface area contributed by atoms with Crippen molar-refractivity contribution in [3.05, 3.63) is 45.6 Å². The summed E-state index contributed by atoms with van der Waals surface area (Å²) in [5.74, 6) is 0.203. The number of carbonyl (C=O) groups excluding carboxylic acids is 1. The van der Waals surface area contributed by atoms with E-state index in [1.54, 1.807) is 0 Å². The highest BCUT2D eigenvalue weighted by atomic mass is 32.1. The number of Topliss-reactive ketones (excluding diaryl/α,β-unsaturated/α-hetero) is 1. The Kier molecular flexibility index (Phi) is 3.43. The molecule has 0 aliphatic rings. The normalized spacial score (nSPS) is 10.5. The molecule has 0 unspecified atom stereocenters. The van der Waals surface area contributed by atoms with Crippen molar-refractivity contribution in [3.8, 4) is 11.1 Å². The maximum atomic E-state index is 11.5. The quantitative estimate of drug-likeness (QED) is 0.720. The second kappa shape index (κ2) is 4.84. The van der Waals surface area contributed by atoms with E-state index in [4.69, 9.17) is 0 Å². The Hall–Kier alpha value is -1.41. The fourth-order valence-electron chi connectivity index (χ4n) is 1.96. The first-order valence-corrected chi connectivity index (χ1v) is 6.64. The van der Waals surface area contributed by atoms with Gasteiger partial charge in [0.05, 0.1) is 0 Å². The van der Waals surface area contributed by atoms with Gasteiger partial charge < -0.3 is 0 Å². The number of hydrogen-bond donors (Lipinski definition) is 0. The smallest absolute Gasteiger partial charge is 0.162 e. The van der Waals surface area contributed by atoms with E-state index in [9.17, 15) is 4.79 Å². The van der Waals surface area contributed by atoms with E-state index in [0.29, 0.717) is 6.42 Å². The van der Waals surface area contributed by atoms with Crippen LogP contribution in [0.1, 0.15) is 33.5 Å². The number of hydrogen-bond acceptors (Lipinski definition) is 2.